The van der Waals surface area contributed by atoms with Crippen molar-refractivity contribution < 1.29 is 69.6 Å². The lowest BCUT2D eigenvalue weighted by atomic mass is 10.3. The first-order valence-corrected chi connectivity index (χ1v) is 12.4. The van der Waals surface area contributed by atoms with Crippen molar-refractivity contribution in [2.24, 2.45) is 0 Å². The first-order valence-electron chi connectivity index (χ1n) is 8.04. The predicted octanol–water partition coefficient (Wildman–Crippen LogP) is 0.113. The van der Waals surface area contributed by atoms with Crippen molar-refractivity contribution in [3.63, 3.8) is 0 Å². The average Bonchev–Trinajstić information content (AvgIpc) is 2.59. The number of carbonyl (C=O) groups is 1. The largest absolute Gasteiger partial charge is 0.512 e. The molecule has 0 amide bonds. The van der Waals surface area contributed by atoms with Crippen LogP contribution in [-0.4, -0.2) is 94.9 Å². The molecule has 1 rings (SSSR count). The minimum Gasteiger partial charge on any atom is -0.299 e. The number of hydrogen-bond donors (Lipinski definition) is 1. The smallest absolute Gasteiger partial charge is 0.299 e. The van der Waals surface area contributed by atoms with Gasteiger partial charge in [-0.2, -0.15) is 43.8 Å². The maximum absolute atomic E-state index is 14.2. The van der Waals surface area contributed by atoms with Crippen LogP contribution in [0.3, 0.4) is 0 Å². The van der Waals surface area contributed by atoms with Gasteiger partial charge in [0.15, 0.2) is 0 Å². The number of hydrogen-bond acceptors (Lipinski definition) is 8. The maximum Gasteiger partial charge on any atom is 0.512 e. The minimum absolute atomic E-state index is 0.296. The van der Waals surface area contributed by atoms with Crippen LogP contribution in [0.5, 0.6) is 0 Å². The molecule has 1 heterocycles. The van der Waals surface area contributed by atoms with Crippen LogP contribution >= 0.6 is 0 Å². The second-order valence-corrected chi connectivity index (χ2v) is 12.2. The van der Waals surface area contributed by atoms with Gasteiger partial charge in [-0.15, -0.1) is 0 Å². The molecular weight excluding hydrogens is 553 g/mol. The Labute approximate surface area is 180 Å². The van der Waals surface area contributed by atoms with Crippen LogP contribution < -0.4 is 4.13 Å². The average molecular weight is 567 g/mol. The quantitative estimate of drug-likeness (QED) is 0.388. The number of alkyl halides is 9. The normalized spacial score (nSPS) is 19.0. The second kappa shape index (κ2) is 8.77. The van der Waals surface area contributed by atoms with Crippen LogP contribution in [0.4, 0.5) is 39.5 Å². The van der Waals surface area contributed by atoms with Crippen molar-refractivity contribution in [1.29, 1.82) is 0 Å². The topological polar surface area (TPSA) is 138 Å². The predicted molar refractivity (Wildman–Crippen MR) is 89.5 cm³/mol. The minimum atomic E-state index is -7.80. The lowest BCUT2D eigenvalue weighted by molar-refractivity contribution is -0.245. The number of rotatable bonds is 9. The van der Waals surface area contributed by atoms with E-state index in [2.05, 4.69) is 0 Å². The van der Waals surface area contributed by atoms with Gasteiger partial charge in [-0.1, -0.05) is 4.13 Å². The van der Waals surface area contributed by atoms with Crippen LogP contribution in [-0.2, 0) is 34.9 Å². The number of nitrogens with one attached hydrogen (secondary N) is 1. The Bertz CT molecular complexity index is 1080. The molecule has 196 valence electrons. The molecule has 0 aromatic carbocycles. The fraction of sp³-hybridized carbons (Fsp3) is 0.909. The molecule has 10 nitrogen and oxygen atoms in total. The van der Waals surface area contributed by atoms with Gasteiger partial charge in [0.2, 0.25) is 0 Å². The molecule has 1 aliphatic rings. The van der Waals surface area contributed by atoms with Gasteiger partial charge in [0, 0.05) is 26.2 Å². The summed E-state index contributed by atoms with van der Waals surface area (Å²) in [5.41, 5.74) is -6.64. The summed E-state index contributed by atoms with van der Waals surface area (Å²) in [4.78, 5) is 12.2. The van der Waals surface area contributed by atoms with Gasteiger partial charge in [-0.05, 0) is 6.92 Å². The van der Waals surface area contributed by atoms with E-state index in [0.717, 1.165) is 6.92 Å². The molecule has 0 atom stereocenters. The summed E-state index contributed by atoms with van der Waals surface area (Å²) in [5.74, 6) is -7.91. The van der Waals surface area contributed by atoms with Crippen molar-refractivity contribution in [2.45, 2.75) is 28.9 Å². The Hall–Kier alpha value is -1.23. The van der Waals surface area contributed by atoms with E-state index >= 15 is 0 Å². The molecule has 0 radical (unpaired) electrons. The molecule has 0 saturated carbocycles. The highest BCUT2D eigenvalue weighted by Gasteiger charge is 2.83. The molecule has 0 aliphatic carbocycles. The van der Waals surface area contributed by atoms with Gasteiger partial charge < -0.3 is 0 Å². The van der Waals surface area contributed by atoms with Crippen LogP contribution in [0.15, 0.2) is 0 Å². The van der Waals surface area contributed by atoms with Gasteiger partial charge in [0.1, 0.15) is 5.78 Å². The first kappa shape index (κ1) is 29.8. The molecule has 0 aromatic rings. The summed E-state index contributed by atoms with van der Waals surface area (Å²) in [6.07, 6.45) is 0. The van der Waals surface area contributed by atoms with E-state index in [4.69, 9.17) is 0 Å². The first-order chi connectivity index (χ1) is 14.3. The Balaban J connectivity index is 3.34. The number of Topliss-reactive ketones (excluding diaryl/α,β-unsaturated/α-hetero) is 1. The van der Waals surface area contributed by atoms with Gasteiger partial charge in [-0.25, -0.2) is 25.3 Å². The lowest BCUT2D eigenvalue weighted by Gasteiger charge is -2.38. The van der Waals surface area contributed by atoms with Crippen LogP contribution in [0, 0.1) is 0 Å². The fourth-order valence-corrected chi connectivity index (χ4v) is 6.25. The van der Waals surface area contributed by atoms with Crippen LogP contribution in [0.25, 0.3) is 0 Å². The van der Waals surface area contributed by atoms with Crippen molar-refractivity contribution in [2.75, 3.05) is 32.7 Å². The molecule has 0 spiro atoms. The molecule has 1 saturated heterocycles. The highest BCUT2D eigenvalue weighted by molar-refractivity contribution is 8.05. The van der Waals surface area contributed by atoms with Crippen molar-refractivity contribution >= 4 is 35.9 Å². The molecule has 1 N–H and O–H groups in total. The van der Waals surface area contributed by atoms with E-state index in [-0.39, 0.29) is 6.54 Å². The number of halogens is 9. The van der Waals surface area contributed by atoms with Gasteiger partial charge in [0.25, 0.3) is 20.0 Å². The summed E-state index contributed by atoms with van der Waals surface area (Å²) in [5, 5.41) is -14.3. The molecule has 33 heavy (non-hydrogen) atoms. The third-order valence-corrected chi connectivity index (χ3v) is 9.28. The fourth-order valence-electron chi connectivity index (χ4n) is 2.35. The second-order valence-electron chi connectivity index (χ2n) is 6.53. The van der Waals surface area contributed by atoms with E-state index in [1.807, 2.05) is 0 Å². The van der Waals surface area contributed by atoms with Crippen LogP contribution in [0.1, 0.15) is 6.92 Å². The maximum atomic E-state index is 14.2. The van der Waals surface area contributed by atoms with Gasteiger partial charge >= 0.3 is 32.0 Å². The highest BCUT2D eigenvalue weighted by atomic mass is 32.3. The molecule has 1 aliphatic heterocycles. The number of carbonyl (C=O) groups excluding carboxylic acids is 1. The SMILES string of the molecule is CC(=O)CN1CCN(S(=O)(=O)C(F)(F)C(F)(F)C(F)(F)S(=O)(=O)NS(=O)(=O)C(F)(F)F)CC1. The Morgan fingerprint density at radius 1 is 0.758 bits per heavy atom. The summed E-state index contributed by atoms with van der Waals surface area (Å²) in [6, 6.07) is 0. The molecule has 0 bridgehead atoms. The summed E-state index contributed by atoms with van der Waals surface area (Å²) < 4.78 is 187. The van der Waals surface area contributed by atoms with Gasteiger partial charge in [0.05, 0.1) is 6.54 Å². The molecule has 0 aromatic heterocycles. The Kier molecular flexibility index (Phi) is 7.92. The standard InChI is InChI=1S/C11H14F9N3O7S3/c1-7(24)6-22-2-4-23(5-3-22)33(29,30)10(16,17)8(12,13)9(14,15)31(25,26)21-32(27,28)11(18,19)20/h21H,2-6H2,1H3. The van der Waals surface area contributed by atoms with E-state index in [1.165, 1.54) is 4.90 Å². The Morgan fingerprint density at radius 2 is 1.18 bits per heavy atom. The lowest BCUT2D eigenvalue weighted by Crippen LogP contribution is -2.66. The van der Waals surface area contributed by atoms with Crippen molar-refractivity contribution in [1.82, 2.24) is 13.3 Å². The third kappa shape index (κ3) is 5.23. The van der Waals surface area contributed by atoms with Crippen LogP contribution in [0.2, 0.25) is 0 Å². The number of nitrogens with zero attached hydrogens (tertiary/aromatic N) is 2. The molecule has 22 heteroatoms. The number of sulfonamides is 3. The molecule has 0 unspecified atom stereocenters. The zero-order chi connectivity index (χ0) is 26.5. The molecule has 1 fully saturated rings. The summed E-state index contributed by atoms with van der Waals surface area (Å²) in [6.45, 7) is -2.24. The monoisotopic (exact) mass is 567 g/mol. The van der Waals surface area contributed by atoms with E-state index < -0.39 is 92.4 Å². The third-order valence-electron chi connectivity index (χ3n) is 4.03. The number of ketones is 1. The zero-order valence-electron chi connectivity index (χ0n) is 15.9. The van der Waals surface area contributed by atoms with E-state index in [1.54, 1.807) is 0 Å². The van der Waals surface area contributed by atoms with E-state index in [9.17, 15) is 69.6 Å². The summed E-state index contributed by atoms with van der Waals surface area (Å²) >= 11 is 0. The van der Waals surface area contributed by atoms with Gasteiger partial charge in [-0.3, -0.25) is 9.69 Å². The van der Waals surface area contributed by atoms with E-state index in [0.29, 0.717) is 0 Å². The number of piperazine rings is 1. The van der Waals surface area contributed by atoms with Crippen molar-refractivity contribution in [3.8, 4) is 0 Å². The van der Waals surface area contributed by atoms with Crippen molar-refractivity contribution in [3.05, 3.63) is 0 Å². The molecular formula is C11H14F9N3O7S3. The summed E-state index contributed by atoms with van der Waals surface area (Å²) in [7, 11) is -21.9. The highest BCUT2D eigenvalue weighted by Crippen LogP contribution is 2.51. The zero-order valence-corrected chi connectivity index (χ0v) is 18.4. The Morgan fingerprint density at radius 3 is 1.55 bits per heavy atom.